The third kappa shape index (κ3) is 3.45. The molecule has 0 aliphatic carbocycles. The van der Waals surface area contributed by atoms with Crippen LogP contribution in [0, 0.1) is 5.82 Å². The highest BCUT2D eigenvalue weighted by Crippen LogP contribution is 2.38. The fourth-order valence-electron chi connectivity index (χ4n) is 3.91. The molecule has 4 rings (SSSR count). The lowest BCUT2D eigenvalue weighted by atomic mass is 9.98. The Balaban J connectivity index is 1.86. The van der Waals surface area contributed by atoms with Crippen molar-refractivity contribution in [3.63, 3.8) is 0 Å². The second-order valence-electron chi connectivity index (χ2n) is 7.65. The number of fused-ring (bicyclic) bond motifs is 2. The number of amides is 1. The van der Waals surface area contributed by atoms with Gasteiger partial charge < -0.3 is 19.0 Å². The van der Waals surface area contributed by atoms with Crippen LogP contribution in [0.3, 0.4) is 0 Å². The van der Waals surface area contributed by atoms with E-state index in [0.717, 1.165) is 24.6 Å². The summed E-state index contributed by atoms with van der Waals surface area (Å²) in [6.07, 6.45) is 0.738. The highest BCUT2D eigenvalue weighted by molar-refractivity contribution is 5.99. The third-order valence-electron chi connectivity index (χ3n) is 5.36. The van der Waals surface area contributed by atoms with Crippen LogP contribution in [0.4, 0.5) is 4.39 Å². The van der Waals surface area contributed by atoms with E-state index in [1.165, 1.54) is 12.1 Å². The van der Waals surface area contributed by atoms with Crippen molar-refractivity contribution in [1.29, 1.82) is 0 Å². The second kappa shape index (κ2) is 7.91. The van der Waals surface area contributed by atoms with Crippen molar-refractivity contribution in [2.24, 2.45) is 0 Å². The number of carbonyl (C=O) groups excluding carboxylic acids is 1. The van der Waals surface area contributed by atoms with Gasteiger partial charge in [0, 0.05) is 6.54 Å². The maximum Gasteiger partial charge on any atom is 0.290 e. The Morgan fingerprint density at radius 1 is 1.13 bits per heavy atom. The van der Waals surface area contributed by atoms with Crippen LogP contribution >= 0.6 is 0 Å². The van der Waals surface area contributed by atoms with Gasteiger partial charge in [-0.05, 0) is 63.0 Å². The van der Waals surface area contributed by atoms with Gasteiger partial charge in [0.15, 0.2) is 5.43 Å². The van der Waals surface area contributed by atoms with E-state index in [-0.39, 0.29) is 33.6 Å². The molecule has 0 bridgehead atoms. The van der Waals surface area contributed by atoms with Crippen molar-refractivity contribution in [1.82, 2.24) is 9.80 Å². The molecule has 2 aromatic carbocycles. The number of hydrogen-bond acceptors (Lipinski definition) is 5. The second-order valence-corrected chi connectivity index (χ2v) is 7.65. The Kier molecular flexibility index (Phi) is 5.30. The zero-order chi connectivity index (χ0) is 21.4. The number of methoxy groups -OCH3 is 1. The number of halogens is 1. The summed E-state index contributed by atoms with van der Waals surface area (Å²) in [5.74, 6) is -0.143. The predicted molar refractivity (Wildman–Crippen MR) is 111 cm³/mol. The van der Waals surface area contributed by atoms with Crippen LogP contribution in [-0.2, 0) is 0 Å². The van der Waals surface area contributed by atoms with Gasteiger partial charge in [-0.1, -0.05) is 12.1 Å². The molecule has 0 fully saturated rings. The third-order valence-corrected chi connectivity index (χ3v) is 5.36. The Morgan fingerprint density at radius 2 is 1.87 bits per heavy atom. The number of hydrogen-bond donors (Lipinski definition) is 0. The molecular formula is C23H23FN2O4. The van der Waals surface area contributed by atoms with Gasteiger partial charge >= 0.3 is 0 Å². The predicted octanol–water partition coefficient (Wildman–Crippen LogP) is 3.44. The first-order chi connectivity index (χ1) is 14.4. The first kappa shape index (κ1) is 20.1. The maximum absolute atomic E-state index is 13.8. The lowest BCUT2D eigenvalue weighted by molar-refractivity contribution is 0.0722. The van der Waals surface area contributed by atoms with Crippen LogP contribution in [0.15, 0.2) is 51.7 Å². The van der Waals surface area contributed by atoms with E-state index in [4.69, 9.17) is 9.15 Å². The van der Waals surface area contributed by atoms with E-state index in [1.54, 1.807) is 24.1 Å². The van der Waals surface area contributed by atoms with Gasteiger partial charge in [0.25, 0.3) is 5.91 Å². The fourth-order valence-corrected chi connectivity index (χ4v) is 3.91. The number of carbonyl (C=O) groups is 1. The molecule has 0 unspecified atom stereocenters. The molecular weight excluding hydrogens is 387 g/mol. The summed E-state index contributed by atoms with van der Waals surface area (Å²) in [7, 11) is 5.51. The van der Waals surface area contributed by atoms with Gasteiger partial charge in [-0.15, -0.1) is 0 Å². The Hall–Kier alpha value is -3.19. The first-order valence-electron chi connectivity index (χ1n) is 9.76. The largest absolute Gasteiger partial charge is 0.497 e. The Labute approximate surface area is 173 Å². The first-order valence-corrected chi connectivity index (χ1v) is 9.76. The molecule has 1 aromatic heterocycles. The average Bonchev–Trinajstić information content (AvgIpc) is 3.01. The zero-order valence-electron chi connectivity index (χ0n) is 17.1. The number of ether oxygens (including phenoxy) is 1. The quantitative estimate of drug-likeness (QED) is 0.623. The molecule has 2 heterocycles. The van der Waals surface area contributed by atoms with E-state index in [2.05, 4.69) is 0 Å². The van der Waals surface area contributed by atoms with Crippen molar-refractivity contribution in [3.8, 4) is 5.75 Å². The fraction of sp³-hybridized carbons (Fsp3) is 0.304. The smallest absolute Gasteiger partial charge is 0.290 e. The van der Waals surface area contributed by atoms with Crippen LogP contribution in [-0.4, -0.2) is 50.0 Å². The molecule has 1 atom stereocenters. The molecule has 6 nitrogen and oxygen atoms in total. The number of benzene rings is 2. The Morgan fingerprint density at radius 3 is 2.53 bits per heavy atom. The molecule has 0 saturated carbocycles. The molecule has 0 radical (unpaired) electrons. The molecule has 156 valence electrons. The average molecular weight is 410 g/mol. The summed E-state index contributed by atoms with van der Waals surface area (Å²) < 4.78 is 24.8. The zero-order valence-corrected chi connectivity index (χ0v) is 17.1. The molecule has 0 N–H and O–H groups in total. The van der Waals surface area contributed by atoms with Crippen molar-refractivity contribution in [2.75, 3.05) is 34.3 Å². The van der Waals surface area contributed by atoms with Crippen LogP contribution in [0.5, 0.6) is 5.75 Å². The van der Waals surface area contributed by atoms with Crippen LogP contribution < -0.4 is 10.2 Å². The molecule has 0 saturated heterocycles. The van der Waals surface area contributed by atoms with E-state index < -0.39 is 11.9 Å². The summed E-state index contributed by atoms with van der Waals surface area (Å²) in [6.45, 7) is 1.26. The maximum atomic E-state index is 13.8. The monoisotopic (exact) mass is 410 g/mol. The van der Waals surface area contributed by atoms with Gasteiger partial charge in [-0.2, -0.15) is 0 Å². The normalized spacial score (nSPS) is 15.8. The molecule has 0 spiro atoms. The number of rotatable bonds is 6. The molecule has 1 amide bonds. The topological polar surface area (TPSA) is 63.0 Å². The summed E-state index contributed by atoms with van der Waals surface area (Å²) >= 11 is 0. The molecule has 30 heavy (non-hydrogen) atoms. The van der Waals surface area contributed by atoms with Crippen molar-refractivity contribution in [2.45, 2.75) is 12.5 Å². The van der Waals surface area contributed by atoms with E-state index in [1.807, 2.05) is 31.1 Å². The highest BCUT2D eigenvalue weighted by atomic mass is 19.1. The van der Waals surface area contributed by atoms with Crippen LogP contribution in [0.25, 0.3) is 11.0 Å². The summed E-state index contributed by atoms with van der Waals surface area (Å²) in [6, 6.07) is 10.4. The lowest BCUT2D eigenvalue weighted by Gasteiger charge is -2.25. The van der Waals surface area contributed by atoms with E-state index >= 15 is 0 Å². The minimum atomic E-state index is -0.593. The minimum absolute atomic E-state index is 0.0322. The minimum Gasteiger partial charge on any atom is -0.497 e. The van der Waals surface area contributed by atoms with E-state index in [0.29, 0.717) is 12.3 Å². The van der Waals surface area contributed by atoms with Gasteiger partial charge in [0.2, 0.25) is 5.76 Å². The molecule has 1 aliphatic heterocycles. The summed E-state index contributed by atoms with van der Waals surface area (Å²) in [5, 5.41) is 0.134. The Bertz CT molecular complexity index is 1150. The van der Waals surface area contributed by atoms with Crippen molar-refractivity contribution < 1.29 is 18.3 Å². The van der Waals surface area contributed by atoms with Crippen molar-refractivity contribution >= 4 is 16.9 Å². The highest BCUT2D eigenvalue weighted by Gasteiger charge is 2.42. The van der Waals surface area contributed by atoms with Crippen molar-refractivity contribution in [3.05, 3.63) is 75.4 Å². The van der Waals surface area contributed by atoms with Gasteiger partial charge in [-0.25, -0.2) is 4.39 Å². The van der Waals surface area contributed by atoms with Crippen LogP contribution in [0.1, 0.15) is 34.1 Å². The number of nitrogens with zero attached hydrogens (tertiary/aromatic N) is 2. The van der Waals surface area contributed by atoms with Gasteiger partial charge in [0.05, 0.1) is 24.1 Å². The van der Waals surface area contributed by atoms with Gasteiger partial charge in [-0.3, -0.25) is 9.59 Å². The summed E-state index contributed by atoms with van der Waals surface area (Å²) in [5.41, 5.74) is 0.857. The lowest BCUT2D eigenvalue weighted by Crippen LogP contribution is -2.32. The molecule has 1 aliphatic rings. The van der Waals surface area contributed by atoms with E-state index in [9.17, 15) is 14.0 Å². The van der Waals surface area contributed by atoms with Crippen LogP contribution in [0.2, 0.25) is 0 Å². The SMILES string of the molecule is COc1ccc([C@H]2c3c(oc4ccc(F)cc4c3=O)C(=O)N2CCCN(C)C)cc1. The standard InChI is InChI=1S/C23H23FN2O4/c1-25(2)11-4-12-26-20(14-5-8-16(29-3)9-6-14)19-21(27)17-13-15(24)7-10-18(17)30-22(19)23(26)28/h5-10,13,20H,4,11-12H2,1-3H3/t20-/m0/s1. The van der Waals surface area contributed by atoms with Gasteiger partial charge in [0.1, 0.15) is 17.1 Å². The molecule has 7 heteroatoms. The summed E-state index contributed by atoms with van der Waals surface area (Å²) in [4.78, 5) is 30.2. The molecule has 3 aromatic rings.